The fourth-order valence-electron chi connectivity index (χ4n) is 4.05. The van der Waals surface area contributed by atoms with Crippen molar-refractivity contribution in [3.63, 3.8) is 0 Å². The minimum Gasteiger partial charge on any atom is -0.503 e. The molecule has 0 saturated heterocycles. The highest BCUT2D eigenvalue weighted by Gasteiger charge is 2.44. The summed E-state index contributed by atoms with van der Waals surface area (Å²) in [5.74, 6) is -1.37. The van der Waals surface area contributed by atoms with E-state index in [2.05, 4.69) is 4.98 Å². The average molecular weight is 470 g/mol. The van der Waals surface area contributed by atoms with Gasteiger partial charge in [0.1, 0.15) is 0 Å². The van der Waals surface area contributed by atoms with Crippen molar-refractivity contribution in [2.24, 2.45) is 0 Å². The topological polar surface area (TPSA) is 96.1 Å². The Balaban J connectivity index is 1.76. The molecular weight excluding hydrogens is 446 g/mol. The number of hydrogen-bond acceptors (Lipinski definition) is 7. The van der Waals surface area contributed by atoms with Crippen molar-refractivity contribution in [3.05, 3.63) is 70.4 Å². The van der Waals surface area contributed by atoms with Crippen LogP contribution in [-0.4, -0.2) is 65.9 Å². The van der Waals surface area contributed by atoms with Crippen LogP contribution in [0.15, 0.2) is 58.5 Å². The molecule has 2 aromatic heterocycles. The summed E-state index contributed by atoms with van der Waals surface area (Å²) in [4.78, 5) is 34.1. The van der Waals surface area contributed by atoms with Gasteiger partial charge in [-0.15, -0.1) is 0 Å². The number of ketones is 1. The molecule has 1 atom stereocenters. The summed E-state index contributed by atoms with van der Waals surface area (Å²) >= 11 is 6.14. The van der Waals surface area contributed by atoms with Crippen molar-refractivity contribution >= 4 is 34.3 Å². The zero-order valence-electron chi connectivity index (χ0n) is 18.5. The number of hydrogen-bond donors (Lipinski definition) is 1. The number of benzene rings is 1. The molecule has 3 aromatic rings. The smallest absolute Gasteiger partial charge is 0.290 e. The van der Waals surface area contributed by atoms with Crippen LogP contribution in [0.2, 0.25) is 5.02 Å². The summed E-state index contributed by atoms with van der Waals surface area (Å²) in [5, 5.41) is 11.8. The number of methoxy groups -OCH3 is 1. The van der Waals surface area contributed by atoms with Gasteiger partial charge in [0, 0.05) is 35.4 Å². The molecule has 0 bridgehead atoms. The third kappa shape index (κ3) is 4.31. The number of aliphatic hydroxyl groups is 1. The summed E-state index contributed by atoms with van der Waals surface area (Å²) in [7, 11) is 5.36. The molecule has 1 N–H and O–H groups in total. The van der Waals surface area contributed by atoms with E-state index in [0.717, 1.165) is 6.54 Å². The number of ether oxygens (including phenoxy) is 1. The van der Waals surface area contributed by atoms with Gasteiger partial charge in [0.25, 0.3) is 5.91 Å². The number of amides is 1. The maximum atomic E-state index is 13.6. The van der Waals surface area contributed by atoms with Crippen molar-refractivity contribution in [2.75, 3.05) is 34.3 Å². The van der Waals surface area contributed by atoms with E-state index < -0.39 is 23.5 Å². The predicted molar refractivity (Wildman–Crippen MR) is 124 cm³/mol. The number of nitrogens with zero attached hydrogens (tertiary/aromatic N) is 3. The van der Waals surface area contributed by atoms with Gasteiger partial charge < -0.3 is 24.1 Å². The van der Waals surface area contributed by atoms with E-state index in [0.29, 0.717) is 40.3 Å². The lowest BCUT2D eigenvalue weighted by molar-refractivity contribution is -0.129. The van der Waals surface area contributed by atoms with Gasteiger partial charge in [-0.25, -0.2) is 0 Å². The molecule has 0 aliphatic carbocycles. The Morgan fingerprint density at radius 2 is 2.00 bits per heavy atom. The van der Waals surface area contributed by atoms with Crippen LogP contribution in [0.1, 0.15) is 28.6 Å². The van der Waals surface area contributed by atoms with Crippen molar-refractivity contribution in [1.82, 2.24) is 14.8 Å². The average Bonchev–Trinajstić information content (AvgIpc) is 3.33. The first-order chi connectivity index (χ1) is 15.8. The highest BCUT2D eigenvalue weighted by Crippen LogP contribution is 2.40. The normalized spacial score (nSPS) is 16.3. The first kappa shape index (κ1) is 22.8. The monoisotopic (exact) mass is 469 g/mol. The van der Waals surface area contributed by atoms with Crippen molar-refractivity contribution in [2.45, 2.75) is 12.5 Å². The van der Waals surface area contributed by atoms with E-state index in [9.17, 15) is 14.7 Å². The Bertz CT molecular complexity index is 1240. The Morgan fingerprint density at radius 1 is 1.27 bits per heavy atom. The molecule has 1 unspecified atom stereocenters. The Labute approximate surface area is 196 Å². The first-order valence-electron chi connectivity index (χ1n) is 10.4. The second-order valence-corrected chi connectivity index (χ2v) is 8.50. The minimum absolute atomic E-state index is 0.0193. The van der Waals surface area contributed by atoms with Gasteiger partial charge in [-0.3, -0.25) is 14.6 Å². The summed E-state index contributed by atoms with van der Waals surface area (Å²) in [6.45, 7) is 1.12. The van der Waals surface area contributed by atoms with Gasteiger partial charge in [0.05, 0.1) is 18.7 Å². The SMILES string of the molecule is COc1cc(Cl)cc2cc(C(=O)C3=C(O)C(=O)N(CCCN(C)C)C3c3ccncc3)oc12. The minimum atomic E-state index is -0.756. The molecule has 1 aliphatic heterocycles. The molecule has 4 rings (SSSR count). The number of aliphatic hydroxyl groups excluding tert-OH is 1. The maximum Gasteiger partial charge on any atom is 0.290 e. The van der Waals surface area contributed by atoms with Gasteiger partial charge in [-0.2, -0.15) is 0 Å². The van der Waals surface area contributed by atoms with E-state index in [1.54, 1.807) is 36.7 Å². The predicted octanol–water partition coefficient (Wildman–Crippen LogP) is 4.02. The van der Waals surface area contributed by atoms with Crippen LogP contribution in [0, 0.1) is 0 Å². The van der Waals surface area contributed by atoms with Crippen LogP contribution < -0.4 is 4.74 Å². The number of fused-ring (bicyclic) bond motifs is 1. The Hall–Kier alpha value is -3.36. The van der Waals surface area contributed by atoms with Gasteiger partial charge in [0.2, 0.25) is 5.78 Å². The van der Waals surface area contributed by atoms with Crippen LogP contribution in [0.5, 0.6) is 5.75 Å². The van der Waals surface area contributed by atoms with E-state index >= 15 is 0 Å². The van der Waals surface area contributed by atoms with E-state index in [1.807, 2.05) is 19.0 Å². The third-order valence-electron chi connectivity index (χ3n) is 5.57. The molecule has 0 saturated carbocycles. The van der Waals surface area contributed by atoms with Crippen LogP contribution >= 0.6 is 11.6 Å². The molecule has 0 radical (unpaired) electrons. The highest BCUT2D eigenvalue weighted by molar-refractivity contribution is 6.31. The quantitative estimate of drug-likeness (QED) is 0.498. The zero-order chi connectivity index (χ0) is 23.7. The molecule has 1 amide bonds. The van der Waals surface area contributed by atoms with Crippen molar-refractivity contribution in [3.8, 4) is 5.75 Å². The molecule has 8 nitrogen and oxygen atoms in total. The number of pyridine rings is 1. The van der Waals surface area contributed by atoms with Gasteiger partial charge in [-0.1, -0.05) is 11.6 Å². The first-order valence-corrected chi connectivity index (χ1v) is 10.8. The van der Waals surface area contributed by atoms with Gasteiger partial charge >= 0.3 is 0 Å². The summed E-state index contributed by atoms with van der Waals surface area (Å²) in [6.07, 6.45) is 3.85. The standard InChI is InChI=1S/C24H24ClN3O5/c1-27(2)9-4-10-28-20(14-5-7-26-8-6-14)19(22(30)24(28)31)21(29)17-12-15-11-16(25)13-18(32-3)23(15)33-17/h5-8,11-13,20,30H,4,9-10H2,1-3H3. The molecule has 3 heterocycles. The lowest BCUT2D eigenvalue weighted by Crippen LogP contribution is -2.33. The van der Waals surface area contributed by atoms with Crippen LogP contribution in [0.4, 0.5) is 0 Å². The van der Waals surface area contributed by atoms with E-state index in [4.69, 9.17) is 20.8 Å². The number of aromatic nitrogens is 1. The van der Waals surface area contributed by atoms with Gasteiger partial charge in [0.15, 0.2) is 22.9 Å². The van der Waals surface area contributed by atoms with Crippen molar-refractivity contribution in [1.29, 1.82) is 0 Å². The van der Waals surface area contributed by atoms with Crippen LogP contribution in [0.25, 0.3) is 11.0 Å². The van der Waals surface area contributed by atoms with Crippen molar-refractivity contribution < 1.29 is 23.8 Å². The highest BCUT2D eigenvalue weighted by atomic mass is 35.5. The molecule has 172 valence electrons. The lowest BCUT2D eigenvalue weighted by Gasteiger charge is -2.27. The van der Waals surface area contributed by atoms with E-state index in [-0.39, 0.29) is 11.3 Å². The summed E-state index contributed by atoms with van der Waals surface area (Å²) < 4.78 is 11.1. The molecule has 9 heteroatoms. The molecule has 0 spiro atoms. The Morgan fingerprint density at radius 3 is 2.67 bits per heavy atom. The molecule has 0 fully saturated rings. The number of halogens is 1. The number of Topliss-reactive ketones (excluding diaryl/α,β-unsaturated/α-hetero) is 1. The molecule has 1 aromatic carbocycles. The molecule has 1 aliphatic rings. The largest absolute Gasteiger partial charge is 0.503 e. The second kappa shape index (κ2) is 9.25. The fourth-order valence-corrected chi connectivity index (χ4v) is 4.26. The number of carbonyl (C=O) groups is 2. The zero-order valence-corrected chi connectivity index (χ0v) is 19.3. The number of rotatable bonds is 8. The summed E-state index contributed by atoms with van der Waals surface area (Å²) in [5.41, 5.74) is 1.01. The Kier molecular flexibility index (Phi) is 6.40. The maximum absolute atomic E-state index is 13.6. The summed E-state index contributed by atoms with van der Waals surface area (Å²) in [6, 6.07) is 7.48. The van der Waals surface area contributed by atoms with Gasteiger partial charge in [-0.05, 0) is 56.9 Å². The third-order valence-corrected chi connectivity index (χ3v) is 5.78. The molecule has 33 heavy (non-hydrogen) atoms. The number of carbonyl (C=O) groups excluding carboxylic acids is 2. The van der Waals surface area contributed by atoms with Crippen LogP contribution in [0.3, 0.4) is 0 Å². The molecular formula is C24H24ClN3O5. The lowest BCUT2D eigenvalue weighted by atomic mass is 9.95. The van der Waals surface area contributed by atoms with Crippen LogP contribution in [-0.2, 0) is 4.79 Å². The fraction of sp³-hybridized carbons (Fsp3) is 0.292. The number of furan rings is 1. The van der Waals surface area contributed by atoms with E-state index in [1.165, 1.54) is 18.1 Å². The second-order valence-electron chi connectivity index (χ2n) is 8.07.